The van der Waals surface area contributed by atoms with E-state index >= 15 is 0 Å². The first kappa shape index (κ1) is 17.8. The van der Waals surface area contributed by atoms with Crippen LogP contribution in [0.2, 0.25) is 0 Å². The van der Waals surface area contributed by atoms with Crippen molar-refractivity contribution in [1.29, 1.82) is 5.26 Å². The highest BCUT2D eigenvalue weighted by Gasteiger charge is 2.10. The maximum atomic E-state index is 12.1. The molecule has 1 heterocycles. The van der Waals surface area contributed by atoms with E-state index < -0.39 is 0 Å². The van der Waals surface area contributed by atoms with Crippen molar-refractivity contribution < 1.29 is 4.79 Å². The van der Waals surface area contributed by atoms with Crippen LogP contribution >= 0.6 is 11.8 Å². The van der Waals surface area contributed by atoms with Crippen molar-refractivity contribution in [3.8, 4) is 11.8 Å². The van der Waals surface area contributed by atoms with Gasteiger partial charge in [0.2, 0.25) is 5.91 Å². The Morgan fingerprint density at radius 1 is 1.23 bits per heavy atom. The van der Waals surface area contributed by atoms with Gasteiger partial charge < -0.3 is 5.32 Å². The average molecular weight is 362 g/mol. The summed E-state index contributed by atoms with van der Waals surface area (Å²) >= 11 is 1.40. The zero-order chi connectivity index (χ0) is 18.4. The summed E-state index contributed by atoms with van der Waals surface area (Å²) in [4.78, 5) is 16.5. The van der Waals surface area contributed by atoms with Gasteiger partial charge in [-0.25, -0.2) is 4.98 Å². The smallest absolute Gasteiger partial charge is 0.230 e. The summed E-state index contributed by atoms with van der Waals surface area (Å²) in [7, 11) is 0. The number of imidazole rings is 1. The SMILES string of the molecule is Cc1ccccc1-n1ccnc1SCC(=O)NCc1ccc(C#N)cc1. The predicted octanol–water partition coefficient (Wildman–Crippen LogP) is 3.46. The summed E-state index contributed by atoms with van der Waals surface area (Å²) in [6.07, 6.45) is 3.64. The molecule has 0 spiro atoms. The first-order valence-corrected chi connectivity index (χ1v) is 9.14. The number of benzene rings is 2. The van der Waals surface area contributed by atoms with Crippen LogP contribution in [0.4, 0.5) is 0 Å². The molecule has 0 unspecified atom stereocenters. The Bertz CT molecular complexity index is 941. The second-order valence-corrected chi connectivity index (χ2v) is 6.68. The number of nitriles is 1. The van der Waals surface area contributed by atoms with Crippen LogP contribution in [0, 0.1) is 18.3 Å². The van der Waals surface area contributed by atoms with Crippen molar-refractivity contribution in [3.05, 3.63) is 77.6 Å². The minimum Gasteiger partial charge on any atom is -0.351 e. The van der Waals surface area contributed by atoms with Crippen molar-refractivity contribution in [2.45, 2.75) is 18.6 Å². The molecule has 6 heteroatoms. The van der Waals surface area contributed by atoms with Gasteiger partial charge in [0, 0.05) is 18.9 Å². The fourth-order valence-corrected chi connectivity index (χ4v) is 3.29. The molecule has 1 N–H and O–H groups in total. The van der Waals surface area contributed by atoms with E-state index in [4.69, 9.17) is 5.26 Å². The Hall–Kier alpha value is -3.04. The highest BCUT2D eigenvalue weighted by atomic mass is 32.2. The van der Waals surface area contributed by atoms with E-state index in [1.54, 1.807) is 18.3 Å². The molecule has 0 fully saturated rings. The highest BCUT2D eigenvalue weighted by molar-refractivity contribution is 7.99. The molecule has 0 saturated carbocycles. The van der Waals surface area contributed by atoms with E-state index in [-0.39, 0.29) is 5.91 Å². The third kappa shape index (κ3) is 4.32. The van der Waals surface area contributed by atoms with E-state index in [1.165, 1.54) is 11.8 Å². The van der Waals surface area contributed by atoms with Crippen molar-refractivity contribution in [2.75, 3.05) is 5.75 Å². The Morgan fingerprint density at radius 2 is 2.00 bits per heavy atom. The summed E-state index contributed by atoms with van der Waals surface area (Å²) in [6.45, 7) is 2.49. The summed E-state index contributed by atoms with van der Waals surface area (Å²) < 4.78 is 1.99. The third-order valence-corrected chi connectivity index (χ3v) is 4.85. The zero-order valence-corrected chi connectivity index (χ0v) is 15.2. The molecule has 1 amide bonds. The number of hydrogen-bond donors (Lipinski definition) is 1. The van der Waals surface area contributed by atoms with E-state index in [1.807, 2.05) is 54.1 Å². The molecular weight excluding hydrogens is 344 g/mol. The van der Waals surface area contributed by atoms with Crippen LogP contribution in [0.3, 0.4) is 0 Å². The number of rotatable bonds is 6. The maximum Gasteiger partial charge on any atom is 0.230 e. The quantitative estimate of drug-likeness (QED) is 0.682. The Kier molecular flexibility index (Phi) is 5.72. The van der Waals surface area contributed by atoms with Crippen molar-refractivity contribution in [1.82, 2.24) is 14.9 Å². The zero-order valence-electron chi connectivity index (χ0n) is 14.3. The molecule has 0 radical (unpaired) electrons. The van der Waals surface area contributed by atoms with Gasteiger partial charge in [-0.3, -0.25) is 9.36 Å². The number of nitrogens with zero attached hydrogens (tertiary/aromatic N) is 3. The van der Waals surface area contributed by atoms with Crippen LogP contribution in [0.15, 0.2) is 66.1 Å². The number of aromatic nitrogens is 2. The molecule has 0 saturated heterocycles. The van der Waals surface area contributed by atoms with Gasteiger partial charge in [-0.2, -0.15) is 5.26 Å². The van der Waals surface area contributed by atoms with Crippen molar-refractivity contribution in [3.63, 3.8) is 0 Å². The summed E-state index contributed by atoms with van der Waals surface area (Å²) in [5.74, 6) is 0.234. The van der Waals surface area contributed by atoms with Gasteiger partial charge in [0.05, 0.1) is 23.1 Å². The number of para-hydroxylation sites is 1. The normalized spacial score (nSPS) is 10.3. The number of amides is 1. The van der Waals surface area contributed by atoms with Gasteiger partial charge in [-0.05, 0) is 36.2 Å². The number of nitrogens with one attached hydrogen (secondary N) is 1. The number of aryl methyl sites for hydroxylation is 1. The monoisotopic (exact) mass is 362 g/mol. The van der Waals surface area contributed by atoms with E-state index in [0.717, 1.165) is 22.0 Å². The minimum atomic E-state index is -0.0568. The molecule has 3 aromatic rings. The van der Waals surface area contributed by atoms with Gasteiger partial charge in [-0.15, -0.1) is 0 Å². The molecular formula is C20H18N4OS. The Labute approximate surface area is 156 Å². The van der Waals surface area contributed by atoms with Crippen molar-refractivity contribution >= 4 is 17.7 Å². The molecule has 26 heavy (non-hydrogen) atoms. The summed E-state index contributed by atoms with van der Waals surface area (Å²) in [6, 6.07) is 17.3. The van der Waals surface area contributed by atoms with E-state index in [0.29, 0.717) is 17.9 Å². The maximum absolute atomic E-state index is 12.1. The topological polar surface area (TPSA) is 70.7 Å². The van der Waals surface area contributed by atoms with Crippen LogP contribution < -0.4 is 5.32 Å². The first-order valence-electron chi connectivity index (χ1n) is 8.15. The molecule has 0 aliphatic heterocycles. The minimum absolute atomic E-state index is 0.0568. The summed E-state index contributed by atoms with van der Waals surface area (Å²) in [5, 5.41) is 12.5. The van der Waals surface area contributed by atoms with Crippen molar-refractivity contribution in [2.24, 2.45) is 0 Å². The van der Waals surface area contributed by atoms with Crippen LogP contribution in [-0.4, -0.2) is 21.2 Å². The summed E-state index contributed by atoms with van der Waals surface area (Å²) in [5.41, 5.74) is 3.78. The van der Waals surface area contributed by atoms with Gasteiger partial charge >= 0.3 is 0 Å². The lowest BCUT2D eigenvalue weighted by Crippen LogP contribution is -2.24. The molecule has 130 valence electrons. The number of carbonyl (C=O) groups is 1. The van der Waals surface area contributed by atoms with Gasteiger partial charge in [0.25, 0.3) is 0 Å². The molecule has 3 rings (SSSR count). The predicted molar refractivity (Wildman–Crippen MR) is 102 cm³/mol. The lowest BCUT2D eigenvalue weighted by molar-refractivity contribution is -0.118. The largest absolute Gasteiger partial charge is 0.351 e. The lowest BCUT2D eigenvalue weighted by atomic mass is 10.1. The molecule has 5 nitrogen and oxygen atoms in total. The Morgan fingerprint density at radius 3 is 2.73 bits per heavy atom. The molecule has 1 aromatic heterocycles. The van der Waals surface area contributed by atoms with Crippen LogP contribution in [-0.2, 0) is 11.3 Å². The van der Waals surface area contributed by atoms with Gasteiger partial charge in [-0.1, -0.05) is 42.1 Å². The number of hydrogen-bond acceptors (Lipinski definition) is 4. The van der Waals surface area contributed by atoms with Gasteiger partial charge in [0.1, 0.15) is 0 Å². The molecule has 0 aliphatic carbocycles. The van der Waals surface area contributed by atoms with Crippen LogP contribution in [0.1, 0.15) is 16.7 Å². The van der Waals surface area contributed by atoms with Gasteiger partial charge in [0.15, 0.2) is 5.16 Å². The number of thioether (sulfide) groups is 1. The highest BCUT2D eigenvalue weighted by Crippen LogP contribution is 2.22. The van der Waals surface area contributed by atoms with Crippen LogP contribution in [0.5, 0.6) is 0 Å². The second kappa shape index (κ2) is 8.37. The molecule has 0 atom stereocenters. The molecule has 0 bridgehead atoms. The Balaban J connectivity index is 1.56. The fraction of sp³-hybridized carbons (Fsp3) is 0.150. The second-order valence-electron chi connectivity index (χ2n) is 5.74. The van der Waals surface area contributed by atoms with E-state index in [2.05, 4.69) is 16.4 Å². The third-order valence-electron chi connectivity index (χ3n) is 3.89. The lowest BCUT2D eigenvalue weighted by Gasteiger charge is -2.10. The molecule has 0 aliphatic rings. The van der Waals surface area contributed by atoms with E-state index in [9.17, 15) is 4.79 Å². The average Bonchev–Trinajstić information content (AvgIpc) is 3.14. The first-order chi connectivity index (χ1) is 12.7. The number of carbonyl (C=O) groups excluding carboxylic acids is 1. The fourth-order valence-electron chi connectivity index (χ4n) is 2.49. The molecule has 2 aromatic carbocycles. The standard InChI is InChI=1S/C20H18N4OS/c1-15-4-2-3-5-18(15)24-11-10-22-20(24)26-14-19(25)23-13-17-8-6-16(12-21)7-9-17/h2-11H,13-14H2,1H3,(H,23,25). The van der Waals surface area contributed by atoms with Crippen LogP contribution in [0.25, 0.3) is 5.69 Å².